The number of nitrogens with one attached hydrogen (secondary N) is 3. The van der Waals surface area contributed by atoms with Crippen molar-refractivity contribution in [3.05, 3.63) is 90.0 Å². The van der Waals surface area contributed by atoms with Crippen LogP contribution in [-0.2, 0) is 0 Å². The first-order valence-corrected chi connectivity index (χ1v) is 11.3. The van der Waals surface area contributed by atoms with Gasteiger partial charge in [-0.1, -0.05) is 74.4 Å². The number of rotatable bonds is 8. The molecule has 0 spiro atoms. The van der Waals surface area contributed by atoms with Crippen LogP contribution in [-0.4, -0.2) is 23.5 Å². The third-order valence-corrected chi connectivity index (χ3v) is 5.11. The predicted octanol–water partition coefficient (Wildman–Crippen LogP) is 4.87. The lowest BCUT2D eigenvalue weighted by atomic mass is 10.0. The van der Waals surface area contributed by atoms with Gasteiger partial charge < -0.3 is 4.74 Å². The molecule has 33 heavy (non-hydrogen) atoms. The molecule has 0 aliphatic heterocycles. The van der Waals surface area contributed by atoms with Gasteiger partial charge in [-0.15, -0.1) is 0 Å². The van der Waals surface area contributed by atoms with E-state index < -0.39 is 5.91 Å². The van der Waals surface area contributed by atoms with Gasteiger partial charge in [-0.05, 0) is 54.0 Å². The lowest BCUT2D eigenvalue weighted by Crippen LogP contribution is -2.48. The van der Waals surface area contributed by atoms with Crippen LogP contribution in [0.5, 0.6) is 5.75 Å². The van der Waals surface area contributed by atoms with Crippen LogP contribution in [0.3, 0.4) is 0 Å². The molecule has 0 saturated carbocycles. The molecule has 0 aromatic heterocycles. The number of ether oxygens (including phenoxy) is 1. The highest BCUT2D eigenvalue weighted by molar-refractivity contribution is 7.80. The van der Waals surface area contributed by atoms with Gasteiger partial charge in [-0.2, -0.15) is 0 Å². The summed E-state index contributed by atoms with van der Waals surface area (Å²) in [6, 6.07) is 24.1. The van der Waals surface area contributed by atoms with Crippen molar-refractivity contribution in [2.45, 2.75) is 26.2 Å². The Morgan fingerprint density at radius 2 is 1.45 bits per heavy atom. The van der Waals surface area contributed by atoms with Gasteiger partial charge in [-0.25, -0.2) is 0 Å². The first kappa shape index (κ1) is 23.9. The molecule has 6 nitrogen and oxygen atoms in total. The Morgan fingerprint density at radius 3 is 2.18 bits per heavy atom. The first-order valence-electron chi connectivity index (χ1n) is 10.9. The number of amides is 2. The van der Waals surface area contributed by atoms with Gasteiger partial charge in [0.2, 0.25) is 0 Å². The third-order valence-electron chi connectivity index (χ3n) is 4.91. The van der Waals surface area contributed by atoms with Crippen molar-refractivity contribution in [3.8, 4) is 16.9 Å². The Bertz CT molecular complexity index is 1090. The molecule has 0 aliphatic carbocycles. The standard InChI is InChI=1S/C26H27N3O3S/c1-2-3-9-18-32-23-13-8-7-12-22(23)25(31)27-26(33)29-28-24(30)21-16-14-20(15-17-21)19-10-5-4-6-11-19/h4-8,10-17H,2-3,9,18H2,1H3,(H,28,30)(H2,27,29,31,33). The Labute approximate surface area is 199 Å². The molecule has 3 aromatic rings. The maximum absolute atomic E-state index is 12.6. The van der Waals surface area contributed by atoms with Gasteiger partial charge in [0, 0.05) is 5.56 Å². The zero-order valence-electron chi connectivity index (χ0n) is 18.5. The number of thiocarbonyl (C=S) groups is 1. The summed E-state index contributed by atoms with van der Waals surface area (Å²) >= 11 is 5.15. The van der Waals surface area contributed by atoms with Crippen LogP contribution in [0.15, 0.2) is 78.9 Å². The summed E-state index contributed by atoms with van der Waals surface area (Å²) in [6.45, 7) is 2.66. The van der Waals surface area contributed by atoms with E-state index >= 15 is 0 Å². The number of hydrogen-bond acceptors (Lipinski definition) is 4. The molecule has 3 aromatic carbocycles. The van der Waals surface area contributed by atoms with Gasteiger partial charge in [0.05, 0.1) is 12.2 Å². The summed E-state index contributed by atoms with van der Waals surface area (Å²) in [5.74, 6) is -0.289. The second-order valence-corrected chi connectivity index (χ2v) is 7.77. The van der Waals surface area contributed by atoms with Crippen LogP contribution < -0.4 is 20.9 Å². The van der Waals surface area contributed by atoms with E-state index in [1.807, 2.05) is 48.5 Å². The van der Waals surface area contributed by atoms with E-state index in [1.165, 1.54) is 0 Å². The fourth-order valence-corrected chi connectivity index (χ4v) is 3.29. The number of para-hydroxylation sites is 1. The van der Waals surface area contributed by atoms with Crippen LogP contribution in [0.1, 0.15) is 46.9 Å². The number of carbonyl (C=O) groups excluding carboxylic acids is 2. The van der Waals surface area contributed by atoms with Crippen molar-refractivity contribution < 1.29 is 14.3 Å². The summed E-state index contributed by atoms with van der Waals surface area (Å²) in [7, 11) is 0. The Morgan fingerprint density at radius 1 is 0.788 bits per heavy atom. The summed E-state index contributed by atoms with van der Waals surface area (Å²) < 4.78 is 5.75. The van der Waals surface area contributed by atoms with E-state index in [9.17, 15) is 9.59 Å². The maximum atomic E-state index is 12.6. The largest absolute Gasteiger partial charge is 0.493 e. The monoisotopic (exact) mass is 461 g/mol. The van der Waals surface area contributed by atoms with E-state index in [4.69, 9.17) is 17.0 Å². The van der Waals surface area contributed by atoms with Crippen LogP contribution in [0.4, 0.5) is 0 Å². The number of hydrazine groups is 1. The van der Waals surface area contributed by atoms with Gasteiger partial charge in [0.15, 0.2) is 5.11 Å². The van der Waals surface area contributed by atoms with Gasteiger partial charge >= 0.3 is 0 Å². The van der Waals surface area contributed by atoms with Gasteiger partial charge in [0.1, 0.15) is 5.75 Å². The highest BCUT2D eigenvalue weighted by Crippen LogP contribution is 2.19. The summed E-state index contributed by atoms with van der Waals surface area (Å²) in [6.07, 6.45) is 3.08. The van der Waals surface area contributed by atoms with Crippen LogP contribution in [0.2, 0.25) is 0 Å². The highest BCUT2D eigenvalue weighted by atomic mass is 32.1. The molecule has 0 atom stereocenters. The zero-order valence-corrected chi connectivity index (χ0v) is 19.3. The Balaban J connectivity index is 1.51. The molecule has 7 heteroatoms. The third kappa shape index (κ3) is 7.15. The van der Waals surface area contributed by atoms with Crippen molar-refractivity contribution in [2.75, 3.05) is 6.61 Å². The Hall–Kier alpha value is -3.71. The summed E-state index contributed by atoms with van der Waals surface area (Å²) in [5.41, 5.74) is 7.99. The average molecular weight is 462 g/mol. The molecule has 0 fully saturated rings. The van der Waals surface area contributed by atoms with Crippen LogP contribution >= 0.6 is 12.2 Å². The SMILES string of the molecule is CCCCCOc1ccccc1C(=O)NC(=S)NNC(=O)c1ccc(-c2ccccc2)cc1. The second-order valence-electron chi connectivity index (χ2n) is 7.36. The minimum Gasteiger partial charge on any atom is -0.493 e. The number of unbranched alkanes of at least 4 members (excludes halogenated alkanes) is 2. The van der Waals surface area contributed by atoms with Crippen molar-refractivity contribution in [2.24, 2.45) is 0 Å². The van der Waals surface area contributed by atoms with Gasteiger partial charge in [0.25, 0.3) is 11.8 Å². The fraction of sp³-hybridized carbons (Fsp3) is 0.192. The predicted molar refractivity (Wildman–Crippen MR) is 134 cm³/mol. The highest BCUT2D eigenvalue weighted by Gasteiger charge is 2.14. The summed E-state index contributed by atoms with van der Waals surface area (Å²) in [5, 5.41) is 2.54. The fourth-order valence-electron chi connectivity index (χ4n) is 3.15. The van der Waals surface area contributed by atoms with E-state index in [0.717, 1.165) is 30.4 Å². The molecule has 0 radical (unpaired) electrons. The number of carbonyl (C=O) groups is 2. The molecule has 0 heterocycles. The molecule has 0 saturated heterocycles. The van der Waals surface area contributed by atoms with Crippen LogP contribution in [0.25, 0.3) is 11.1 Å². The zero-order chi connectivity index (χ0) is 23.5. The van der Waals surface area contributed by atoms with Crippen molar-refractivity contribution in [1.82, 2.24) is 16.2 Å². The topological polar surface area (TPSA) is 79.5 Å². The molecule has 170 valence electrons. The van der Waals surface area contributed by atoms with Crippen LogP contribution in [0, 0.1) is 0 Å². The number of hydrogen-bond donors (Lipinski definition) is 3. The normalized spacial score (nSPS) is 10.2. The summed E-state index contributed by atoms with van der Waals surface area (Å²) in [4.78, 5) is 25.0. The minimum absolute atomic E-state index is 0.0185. The smallest absolute Gasteiger partial charge is 0.269 e. The molecule has 0 aliphatic rings. The molecule has 0 bridgehead atoms. The lowest BCUT2D eigenvalue weighted by Gasteiger charge is -2.13. The van der Waals surface area contributed by atoms with E-state index in [1.54, 1.807) is 30.3 Å². The first-order chi connectivity index (χ1) is 16.1. The second kappa shape index (κ2) is 12.4. The van der Waals surface area contributed by atoms with Crippen molar-refractivity contribution in [1.29, 1.82) is 0 Å². The molecule has 0 unspecified atom stereocenters. The van der Waals surface area contributed by atoms with Crippen molar-refractivity contribution in [3.63, 3.8) is 0 Å². The maximum Gasteiger partial charge on any atom is 0.269 e. The van der Waals surface area contributed by atoms with Gasteiger partial charge in [-0.3, -0.25) is 25.8 Å². The molecule has 3 N–H and O–H groups in total. The minimum atomic E-state index is -0.417. The molecule has 3 rings (SSSR count). The Kier molecular flexibility index (Phi) is 8.97. The molecule has 2 amide bonds. The van der Waals surface area contributed by atoms with E-state index in [2.05, 4.69) is 23.1 Å². The lowest BCUT2D eigenvalue weighted by molar-refractivity contribution is 0.0933. The molecular formula is C26H27N3O3S. The molecular weight excluding hydrogens is 434 g/mol. The quantitative estimate of drug-likeness (QED) is 0.253. The van der Waals surface area contributed by atoms with Crippen molar-refractivity contribution >= 4 is 29.1 Å². The van der Waals surface area contributed by atoms with E-state index in [-0.39, 0.29) is 11.0 Å². The number of benzene rings is 3. The van der Waals surface area contributed by atoms with E-state index in [0.29, 0.717) is 23.5 Å². The average Bonchev–Trinajstić information content (AvgIpc) is 2.86.